The number of halogens is 1. The van der Waals surface area contributed by atoms with Gasteiger partial charge in [-0.3, -0.25) is 29.4 Å². The average Bonchev–Trinajstić information content (AvgIpc) is 3.80. The molecule has 0 saturated carbocycles. The molecule has 0 bridgehead atoms. The van der Waals surface area contributed by atoms with Gasteiger partial charge in [-0.1, -0.05) is 23.7 Å². The molecule has 320 valence electrons. The number of rotatable bonds is 12. The predicted molar refractivity (Wildman–Crippen MR) is 232 cm³/mol. The third-order valence-corrected chi connectivity index (χ3v) is 14.8. The fraction of sp³-hybridized carbons (Fsp3) is 0.409. The van der Waals surface area contributed by atoms with E-state index >= 15 is 0 Å². The zero-order valence-corrected chi connectivity index (χ0v) is 36.1. The van der Waals surface area contributed by atoms with Crippen molar-refractivity contribution in [2.24, 2.45) is 5.92 Å². The number of aryl methyl sites for hydroxylation is 1. The van der Waals surface area contributed by atoms with E-state index in [9.17, 15) is 27.6 Å². The minimum atomic E-state index is -3.57. The highest BCUT2D eigenvalue weighted by Crippen LogP contribution is 2.39. The standard InChI is InChI=1S/C44H49ClN8O7S/c1-25(2)61(58,59)38-8-6-5-7-34(38)47-40-33(45)22-46-44(50-40)48-35-19-26(3)31(21-37(35)60-4)28-14-16-51(17-15-28)23-27-13-18-52(24-27)29-9-10-30-32(20-29)43(57)53(42(30)56)36-11-12-39(54)49-41(36)55/h5-10,19-22,25,27-28,36H,11-18,23-24H2,1-4H3,(H,49,54,55)(H2,46,47,48,50). The second-order valence-electron chi connectivity index (χ2n) is 16.5. The first-order chi connectivity index (χ1) is 29.2. The highest BCUT2D eigenvalue weighted by molar-refractivity contribution is 7.92. The molecule has 61 heavy (non-hydrogen) atoms. The zero-order chi connectivity index (χ0) is 43.2. The molecule has 4 aromatic rings. The van der Waals surface area contributed by atoms with Gasteiger partial charge in [0.1, 0.15) is 16.8 Å². The fourth-order valence-corrected chi connectivity index (χ4v) is 10.2. The molecule has 4 amide bonds. The lowest BCUT2D eigenvalue weighted by Gasteiger charge is -2.34. The number of nitrogens with one attached hydrogen (secondary N) is 3. The molecule has 0 radical (unpaired) electrons. The Morgan fingerprint density at radius 2 is 1.67 bits per heavy atom. The van der Waals surface area contributed by atoms with Crippen LogP contribution in [0.1, 0.15) is 83.7 Å². The Morgan fingerprint density at radius 1 is 0.918 bits per heavy atom. The molecule has 4 aliphatic heterocycles. The van der Waals surface area contributed by atoms with Crippen molar-refractivity contribution in [3.8, 4) is 5.75 Å². The Labute approximate surface area is 360 Å². The Hall–Kier alpha value is -5.58. The number of anilines is 5. The van der Waals surface area contributed by atoms with E-state index in [0.717, 1.165) is 68.1 Å². The lowest BCUT2D eigenvalue weighted by molar-refractivity contribution is -0.136. The third kappa shape index (κ3) is 8.40. The van der Waals surface area contributed by atoms with Crippen LogP contribution >= 0.6 is 11.6 Å². The maximum Gasteiger partial charge on any atom is 0.262 e. The Bertz CT molecular complexity index is 2530. The van der Waals surface area contributed by atoms with E-state index < -0.39 is 44.8 Å². The number of nitrogens with zero attached hydrogens (tertiary/aromatic N) is 5. The molecule has 2 atom stereocenters. The predicted octanol–water partition coefficient (Wildman–Crippen LogP) is 6.22. The van der Waals surface area contributed by atoms with Gasteiger partial charge in [-0.25, -0.2) is 13.4 Å². The van der Waals surface area contributed by atoms with Crippen LogP contribution in [0.3, 0.4) is 0 Å². The zero-order valence-electron chi connectivity index (χ0n) is 34.5. The number of likely N-dealkylation sites (tertiary alicyclic amines) is 1. The molecule has 2 unspecified atom stereocenters. The van der Waals surface area contributed by atoms with Gasteiger partial charge in [-0.2, -0.15) is 4.98 Å². The average molecular weight is 869 g/mol. The molecular weight excluding hydrogens is 820 g/mol. The number of methoxy groups -OCH3 is 1. The molecule has 5 heterocycles. The fourth-order valence-electron chi connectivity index (χ4n) is 8.91. The van der Waals surface area contributed by atoms with E-state index in [-0.39, 0.29) is 40.1 Å². The van der Waals surface area contributed by atoms with Crippen LogP contribution in [0.2, 0.25) is 5.02 Å². The first kappa shape index (κ1) is 42.1. The van der Waals surface area contributed by atoms with Crippen LogP contribution in [-0.2, 0) is 19.4 Å². The summed E-state index contributed by atoms with van der Waals surface area (Å²) in [6.45, 7) is 9.95. The maximum absolute atomic E-state index is 13.4. The van der Waals surface area contributed by atoms with Crippen molar-refractivity contribution in [1.82, 2.24) is 25.1 Å². The summed E-state index contributed by atoms with van der Waals surface area (Å²) in [5, 5.41) is 8.24. The van der Waals surface area contributed by atoms with Gasteiger partial charge in [-0.05, 0) is 125 Å². The number of hydrogen-bond donors (Lipinski definition) is 3. The third-order valence-electron chi connectivity index (χ3n) is 12.3. The van der Waals surface area contributed by atoms with E-state index in [1.807, 2.05) is 12.1 Å². The SMILES string of the molecule is COc1cc(C2CCN(CC3CCN(c4ccc5c(c4)C(=O)N(C4CCC(=O)NC4=O)C5=O)C3)CC2)c(C)cc1Nc1ncc(Cl)c(Nc2ccccc2S(=O)(=O)C(C)C)n1. The summed E-state index contributed by atoms with van der Waals surface area (Å²) in [4.78, 5) is 65.7. The summed E-state index contributed by atoms with van der Waals surface area (Å²) in [7, 11) is -1.94. The Kier molecular flexibility index (Phi) is 11.8. The molecule has 0 spiro atoms. The summed E-state index contributed by atoms with van der Waals surface area (Å²) < 4.78 is 32.0. The topological polar surface area (TPSA) is 183 Å². The number of carbonyl (C=O) groups is 4. The number of para-hydroxylation sites is 1. The van der Waals surface area contributed by atoms with E-state index in [2.05, 4.69) is 48.7 Å². The second-order valence-corrected chi connectivity index (χ2v) is 19.4. The quantitative estimate of drug-likeness (QED) is 0.137. The van der Waals surface area contributed by atoms with Gasteiger partial charge in [0.2, 0.25) is 17.8 Å². The lowest BCUT2D eigenvalue weighted by Crippen LogP contribution is -2.54. The summed E-state index contributed by atoms with van der Waals surface area (Å²) in [6, 6.07) is 15.1. The summed E-state index contributed by atoms with van der Waals surface area (Å²) in [5.41, 5.74) is 4.88. The number of piperidine rings is 2. The lowest BCUT2D eigenvalue weighted by atomic mass is 9.86. The van der Waals surface area contributed by atoms with E-state index in [4.69, 9.17) is 16.3 Å². The molecule has 4 aliphatic rings. The van der Waals surface area contributed by atoms with Crippen LogP contribution in [0.4, 0.5) is 28.8 Å². The van der Waals surface area contributed by atoms with Gasteiger partial charge in [-0.15, -0.1) is 0 Å². The Balaban J connectivity index is 0.873. The number of hydrogen-bond acceptors (Lipinski definition) is 13. The van der Waals surface area contributed by atoms with E-state index in [0.29, 0.717) is 34.5 Å². The Morgan fingerprint density at radius 3 is 2.41 bits per heavy atom. The molecule has 3 fully saturated rings. The number of fused-ring (bicyclic) bond motifs is 1. The number of ether oxygens (including phenoxy) is 1. The number of carbonyl (C=O) groups excluding carboxylic acids is 4. The molecule has 3 N–H and O–H groups in total. The minimum absolute atomic E-state index is 0.0830. The summed E-state index contributed by atoms with van der Waals surface area (Å²) in [6.07, 6.45) is 4.69. The van der Waals surface area contributed by atoms with Gasteiger partial charge in [0.05, 0.1) is 46.0 Å². The van der Waals surface area contributed by atoms with Gasteiger partial charge in [0, 0.05) is 31.7 Å². The molecule has 15 nitrogen and oxygen atoms in total. The van der Waals surface area contributed by atoms with Crippen molar-refractivity contribution >= 4 is 73.9 Å². The first-order valence-electron chi connectivity index (χ1n) is 20.6. The summed E-state index contributed by atoms with van der Waals surface area (Å²) in [5.74, 6) is -0.0312. The van der Waals surface area contributed by atoms with E-state index in [1.54, 1.807) is 57.4 Å². The van der Waals surface area contributed by atoms with Crippen LogP contribution in [0.15, 0.2) is 65.7 Å². The van der Waals surface area contributed by atoms with E-state index in [1.165, 1.54) is 11.8 Å². The number of aromatic nitrogens is 2. The van der Waals surface area contributed by atoms with Crippen molar-refractivity contribution in [3.05, 3.63) is 88.1 Å². The smallest absolute Gasteiger partial charge is 0.262 e. The minimum Gasteiger partial charge on any atom is -0.495 e. The molecule has 3 saturated heterocycles. The highest BCUT2D eigenvalue weighted by Gasteiger charge is 2.45. The van der Waals surface area contributed by atoms with Crippen LogP contribution in [-0.4, -0.2) is 103 Å². The molecular formula is C44H49ClN8O7S. The van der Waals surface area contributed by atoms with Gasteiger partial charge >= 0.3 is 0 Å². The monoisotopic (exact) mass is 868 g/mol. The van der Waals surface area contributed by atoms with Crippen molar-refractivity contribution in [2.45, 2.75) is 75.0 Å². The van der Waals surface area contributed by atoms with Crippen molar-refractivity contribution in [2.75, 3.05) is 55.4 Å². The number of benzene rings is 3. The maximum atomic E-state index is 13.4. The van der Waals surface area contributed by atoms with Crippen LogP contribution < -0.4 is 25.6 Å². The molecule has 0 aliphatic carbocycles. The van der Waals surface area contributed by atoms with Gasteiger partial charge in [0.15, 0.2) is 15.7 Å². The van der Waals surface area contributed by atoms with Gasteiger partial charge < -0.3 is 25.2 Å². The number of amides is 4. The number of sulfone groups is 1. The summed E-state index contributed by atoms with van der Waals surface area (Å²) >= 11 is 6.48. The van der Waals surface area contributed by atoms with Gasteiger partial charge in [0.25, 0.3) is 11.8 Å². The largest absolute Gasteiger partial charge is 0.495 e. The molecule has 1 aromatic heterocycles. The molecule has 3 aromatic carbocycles. The first-order valence-corrected chi connectivity index (χ1v) is 22.5. The van der Waals surface area contributed by atoms with Crippen LogP contribution in [0.25, 0.3) is 0 Å². The normalized spacial score (nSPS) is 20.0. The molecule has 17 heteroatoms. The van der Waals surface area contributed by atoms with Crippen LogP contribution in [0, 0.1) is 12.8 Å². The van der Waals surface area contributed by atoms with Crippen LogP contribution in [0.5, 0.6) is 5.75 Å². The number of imide groups is 2. The van der Waals surface area contributed by atoms with Crippen molar-refractivity contribution in [3.63, 3.8) is 0 Å². The molecule has 8 rings (SSSR count). The van der Waals surface area contributed by atoms with Crippen molar-refractivity contribution < 1.29 is 32.3 Å². The highest BCUT2D eigenvalue weighted by atomic mass is 35.5. The van der Waals surface area contributed by atoms with Crippen molar-refractivity contribution in [1.29, 1.82) is 0 Å². The second kappa shape index (κ2) is 17.1.